The molecule has 0 atom stereocenters. The van der Waals surface area contributed by atoms with Gasteiger partial charge >= 0.3 is 11.9 Å². The third-order valence-corrected chi connectivity index (χ3v) is 3.74. The smallest absolute Gasteiger partial charge is 0.344 e. The normalized spacial score (nSPS) is 9.81. The minimum absolute atomic E-state index is 0.232. The number of halogens is 5. The van der Waals surface area contributed by atoms with Crippen LogP contribution < -0.4 is 0 Å². The quantitative estimate of drug-likeness (QED) is 0.611. The van der Waals surface area contributed by atoms with Gasteiger partial charge in [0.15, 0.2) is 0 Å². The van der Waals surface area contributed by atoms with Crippen LogP contribution in [0.1, 0.15) is 20.7 Å². The molecule has 0 fully saturated rings. The molecule has 1 N–H and O–H groups in total. The van der Waals surface area contributed by atoms with E-state index in [1.165, 1.54) is 6.07 Å². The molecule has 26 heavy (non-hydrogen) atoms. The van der Waals surface area contributed by atoms with Gasteiger partial charge in [-0.15, -0.1) is 0 Å². The number of carbonyl (C=O) groups is 2. The van der Waals surface area contributed by atoms with Crippen LogP contribution in [0.3, 0.4) is 0 Å². The molecule has 5 nitrogen and oxygen atoms in total. The molecule has 0 amide bonds. The van der Waals surface area contributed by atoms with Gasteiger partial charge in [-0.3, -0.25) is 0 Å². The summed E-state index contributed by atoms with van der Waals surface area (Å²) < 4.78 is 48.1. The second-order valence-corrected chi connectivity index (χ2v) is 6.34. The zero-order chi connectivity index (χ0) is 20.0. The molecule has 0 aliphatic heterocycles. The largest absolute Gasteiger partial charge is 0.507 e. The first-order valence-corrected chi connectivity index (χ1v) is 8.20. The summed E-state index contributed by atoms with van der Waals surface area (Å²) in [6.07, 6.45) is 0. The van der Waals surface area contributed by atoms with E-state index in [9.17, 15) is 27.9 Å². The number of ether oxygens (including phenoxy) is 2. The summed E-state index contributed by atoms with van der Waals surface area (Å²) in [5.41, 5.74) is -1.13. The topological polar surface area (TPSA) is 72.8 Å². The molecule has 2 aromatic rings. The van der Waals surface area contributed by atoms with Gasteiger partial charge in [0.25, 0.3) is 0 Å². The standard InChI is InChI=1S/C8H5BrF2O2.C8H6BrFO3/c2*1-13-8(12)7-5(10)2-4(9)3-6(7)11/h2-3H,1H3;2-3,11H,1H3. The van der Waals surface area contributed by atoms with Gasteiger partial charge in [-0.1, -0.05) is 31.9 Å². The van der Waals surface area contributed by atoms with Crippen LogP contribution in [0.5, 0.6) is 5.75 Å². The lowest BCUT2D eigenvalue weighted by Gasteiger charge is -2.03. The van der Waals surface area contributed by atoms with E-state index in [0.717, 1.165) is 32.4 Å². The van der Waals surface area contributed by atoms with E-state index in [4.69, 9.17) is 0 Å². The summed E-state index contributed by atoms with van der Waals surface area (Å²) in [7, 11) is 2.17. The molecular formula is C16H11Br2F3O5. The Kier molecular flexibility index (Phi) is 8.09. The van der Waals surface area contributed by atoms with E-state index in [2.05, 4.69) is 41.3 Å². The van der Waals surface area contributed by atoms with E-state index in [1.807, 2.05) is 0 Å². The fourth-order valence-electron chi connectivity index (χ4n) is 1.70. The van der Waals surface area contributed by atoms with Crippen molar-refractivity contribution in [1.29, 1.82) is 0 Å². The van der Waals surface area contributed by atoms with Gasteiger partial charge in [0.2, 0.25) is 0 Å². The van der Waals surface area contributed by atoms with Crippen molar-refractivity contribution in [3.8, 4) is 5.75 Å². The first-order chi connectivity index (χ1) is 12.1. The van der Waals surface area contributed by atoms with Crippen LogP contribution >= 0.6 is 31.9 Å². The third-order valence-electron chi connectivity index (χ3n) is 2.82. The van der Waals surface area contributed by atoms with Crippen molar-refractivity contribution < 1.29 is 37.3 Å². The Morgan fingerprint density at radius 3 is 1.54 bits per heavy atom. The van der Waals surface area contributed by atoms with Gasteiger partial charge < -0.3 is 14.6 Å². The van der Waals surface area contributed by atoms with Crippen LogP contribution in [0.25, 0.3) is 0 Å². The molecule has 0 heterocycles. The number of methoxy groups -OCH3 is 2. The average molecular weight is 500 g/mol. The molecule has 0 unspecified atom stereocenters. The zero-order valence-corrected chi connectivity index (χ0v) is 16.5. The van der Waals surface area contributed by atoms with Gasteiger partial charge in [0, 0.05) is 8.95 Å². The number of carbonyl (C=O) groups excluding carboxylic acids is 2. The molecule has 0 aromatic heterocycles. The van der Waals surface area contributed by atoms with Gasteiger partial charge in [-0.05, 0) is 24.3 Å². The van der Waals surface area contributed by atoms with Crippen LogP contribution in [0, 0.1) is 17.5 Å². The molecule has 0 aliphatic rings. The Morgan fingerprint density at radius 2 is 1.15 bits per heavy atom. The molecule has 10 heteroatoms. The highest BCUT2D eigenvalue weighted by Gasteiger charge is 2.19. The summed E-state index contributed by atoms with van der Waals surface area (Å²) in [5, 5.41) is 9.20. The van der Waals surface area contributed by atoms with Crippen LogP contribution in [0.15, 0.2) is 33.2 Å². The predicted octanol–water partition coefficient (Wildman–Crippen LogP) is 4.59. The Bertz CT molecular complexity index is 727. The molecule has 0 spiro atoms. The van der Waals surface area contributed by atoms with Gasteiger partial charge in [0.05, 0.1) is 14.2 Å². The van der Waals surface area contributed by atoms with Crippen LogP contribution in [-0.4, -0.2) is 31.3 Å². The molecule has 140 valence electrons. The molecule has 0 saturated carbocycles. The van der Waals surface area contributed by atoms with E-state index < -0.39 is 46.3 Å². The van der Waals surface area contributed by atoms with E-state index in [0.29, 0.717) is 4.47 Å². The predicted molar refractivity (Wildman–Crippen MR) is 92.5 cm³/mol. The van der Waals surface area contributed by atoms with E-state index in [-0.39, 0.29) is 4.47 Å². The highest BCUT2D eigenvalue weighted by atomic mass is 79.9. The molecule has 0 saturated heterocycles. The van der Waals surface area contributed by atoms with Crippen LogP contribution in [0.4, 0.5) is 13.2 Å². The van der Waals surface area contributed by atoms with E-state index in [1.54, 1.807) is 0 Å². The highest BCUT2D eigenvalue weighted by Crippen LogP contribution is 2.26. The lowest BCUT2D eigenvalue weighted by atomic mass is 10.2. The van der Waals surface area contributed by atoms with Crippen molar-refractivity contribution in [2.75, 3.05) is 14.2 Å². The Hall–Kier alpha value is -2.07. The van der Waals surface area contributed by atoms with Gasteiger partial charge in [-0.2, -0.15) is 0 Å². The summed E-state index contributed by atoms with van der Waals surface area (Å²) in [5.74, 6) is -5.08. The number of phenols is 1. The molecule has 2 aromatic carbocycles. The minimum Gasteiger partial charge on any atom is -0.507 e. The maximum atomic E-state index is 13.1. The van der Waals surface area contributed by atoms with Crippen molar-refractivity contribution in [2.24, 2.45) is 0 Å². The SMILES string of the molecule is COC(=O)c1c(F)cc(Br)cc1F.COC(=O)c1c(O)cc(Br)cc1F. The molecule has 2 rings (SSSR count). The Morgan fingerprint density at radius 1 is 0.808 bits per heavy atom. The second kappa shape index (κ2) is 9.58. The average Bonchev–Trinajstić information content (AvgIpc) is 2.53. The van der Waals surface area contributed by atoms with Crippen molar-refractivity contribution in [3.05, 3.63) is 61.8 Å². The lowest BCUT2D eigenvalue weighted by Crippen LogP contribution is -2.07. The zero-order valence-electron chi connectivity index (χ0n) is 13.3. The number of rotatable bonds is 2. The Balaban J connectivity index is 0.000000260. The number of hydrogen-bond donors (Lipinski definition) is 1. The number of benzene rings is 2. The number of hydrogen-bond acceptors (Lipinski definition) is 5. The maximum Gasteiger partial charge on any atom is 0.344 e. The molecule has 0 aliphatic carbocycles. The minimum atomic E-state index is -1.03. The lowest BCUT2D eigenvalue weighted by molar-refractivity contribution is 0.0581. The highest BCUT2D eigenvalue weighted by molar-refractivity contribution is 9.10. The van der Waals surface area contributed by atoms with Gasteiger partial charge in [-0.25, -0.2) is 22.8 Å². The first kappa shape index (κ1) is 22.0. The second-order valence-electron chi connectivity index (χ2n) is 4.51. The number of phenolic OH excluding ortho intramolecular Hbond substituents is 1. The van der Waals surface area contributed by atoms with Crippen LogP contribution in [-0.2, 0) is 9.47 Å². The number of aromatic hydroxyl groups is 1. The summed E-state index contributed by atoms with van der Waals surface area (Å²) in [6, 6.07) is 4.28. The van der Waals surface area contributed by atoms with Crippen molar-refractivity contribution in [1.82, 2.24) is 0 Å². The third kappa shape index (κ3) is 5.46. The van der Waals surface area contributed by atoms with Crippen molar-refractivity contribution in [2.45, 2.75) is 0 Å². The first-order valence-electron chi connectivity index (χ1n) is 6.61. The molecule has 0 bridgehead atoms. The maximum absolute atomic E-state index is 13.1. The summed E-state index contributed by atoms with van der Waals surface area (Å²) in [6.45, 7) is 0. The van der Waals surface area contributed by atoms with Crippen LogP contribution in [0.2, 0.25) is 0 Å². The summed E-state index contributed by atoms with van der Waals surface area (Å²) >= 11 is 5.85. The van der Waals surface area contributed by atoms with Gasteiger partial charge in [0.1, 0.15) is 34.3 Å². The fraction of sp³-hybridized carbons (Fsp3) is 0.125. The Labute approximate surface area is 163 Å². The van der Waals surface area contributed by atoms with E-state index >= 15 is 0 Å². The summed E-state index contributed by atoms with van der Waals surface area (Å²) in [4.78, 5) is 21.8. The van der Waals surface area contributed by atoms with Crippen molar-refractivity contribution in [3.63, 3.8) is 0 Å². The molecular weight excluding hydrogens is 489 g/mol. The number of esters is 2. The fourth-order valence-corrected chi connectivity index (χ4v) is 2.52. The van der Waals surface area contributed by atoms with Crippen molar-refractivity contribution >= 4 is 43.8 Å². The monoisotopic (exact) mass is 498 g/mol. The molecule has 0 radical (unpaired) electrons.